The largest absolute Gasteiger partial charge is 0.464 e. The van der Waals surface area contributed by atoms with Crippen LogP contribution in [0.25, 0.3) is 0 Å². The van der Waals surface area contributed by atoms with Crippen molar-refractivity contribution in [2.45, 2.75) is 75.2 Å². The molecule has 4 unspecified atom stereocenters. The number of aliphatic hydroxyl groups excluding tert-OH is 2. The van der Waals surface area contributed by atoms with Crippen LogP contribution in [0, 0.1) is 5.92 Å². The molecule has 0 aliphatic rings. The maximum atomic E-state index is 13.3. The van der Waals surface area contributed by atoms with E-state index in [2.05, 4.69) is 14.7 Å². The molecule has 2 aromatic heterocycles. The summed E-state index contributed by atoms with van der Waals surface area (Å²) in [6.45, 7) is 5.41. The van der Waals surface area contributed by atoms with Gasteiger partial charge in [0.25, 0.3) is 0 Å². The number of aliphatic hydroxyl groups is 3. The quantitative estimate of drug-likeness (QED) is 0.158. The first-order valence-electron chi connectivity index (χ1n) is 11.9. The number of thiazole rings is 2. The van der Waals surface area contributed by atoms with Crippen molar-refractivity contribution < 1.29 is 43.9 Å². The molecular formula is C24H32Cl2N2O9S2. The Hall–Kier alpha value is -1.87. The number of aromatic nitrogens is 2. The number of hydrogen-bond donors (Lipinski definition) is 3. The van der Waals surface area contributed by atoms with Gasteiger partial charge in [-0.15, -0.1) is 45.9 Å². The zero-order valence-corrected chi connectivity index (χ0v) is 25.2. The average molecular weight is 628 g/mol. The maximum Gasteiger partial charge on any atom is 0.358 e. The summed E-state index contributed by atoms with van der Waals surface area (Å²) >= 11 is 14.1. The fraction of sp³-hybridized carbons (Fsp3) is 0.625. The maximum absolute atomic E-state index is 13.3. The highest BCUT2D eigenvalue weighted by Crippen LogP contribution is 2.34. The van der Waals surface area contributed by atoms with E-state index in [1.807, 2.05) is 0 Å². The molecule has 0 amide bonds. The highest BCUT2D eigenvalue weighted by molar-refractivity contribution is 7.10. The van der Waals surface area contributed by atoms with Gasteiger partial charge in [-0.3, -0.25) is 4.79 Å². The third-order valence-electron chi connectivity index (χ3n) is 5.50. The van der Waals surface area contributed by atoms with Crippen LogP contribution < -0.4 is 0 Å². The van der Waals surface area contributed by atoms with E-state index in [4.69, 9.17) is 37.8 Å². The lowest BCUT2D eigenvalue weighted by Crippen LogP contribution is -2.37. The van der Waals surface area contributed by atoms with E-state index in [9.17, 15) is 24.6 Å². The van der Waals surface area contributed by atoms with Gasteiger partial charge in [0.15, 0.2) is 17.5 Å². The molecule has 218 valence electrons. The number of esters is 3. The first-order valence-corrected chi connectivity index (χ1v) is 14.4. The smallest absolute Gasteiger partial charge is 0.358 e. The van der Waals surface area contributed by atoms with E-state index in [-0.39, 0.29) is 27.8 Å². The number of rotatable bonds is 14. The Morgan fingerprint density at radius 1 is 1.03 bits per heavy atom. The highest BCUT2D eigenvalue weighted by Gasteiger charge is 2.38. The van der Waals surface area contributed by atoms with Crippen molar-refractivity contribution >= 4 is 63.8 Å². The van der Waals surface area contributed by atoms with Gasteiger partial charge in [-0.05, 0) is 47.0 Å². The number of methoxy groups -OCH3 is 1. The van der Waals surface area contributed by atoms with Gasteiger partial charge >= 0.3 is 17.9 Å². The fourth-order valence-corrected chi connectivity index (χ4v) is 5.34. The Bertz CT molecular complexity index is 1130. The van der Waals surface area contributed by atoms with Gasteiger partial charge in [-0.2, -0.15) is 0 Å². The third-order valence-corrected chi connectivity index (χ3v) is 7.71. The first kappa shape index (κ1) is 33.3. The molecular weight excluding hydrogens is 595 g/mol. The van der Waals surface area contributed by atoms with Crippen LogP contribution in [0.3, 0.4) is 0 Å². The van der Waals surface area contributed by atoms with Gasteiger partial charge in [0.1, 0.15) is 32.2 Å². The normalized spacial score (nSPS) is 15.2. The van der Waals surface area contributed by atoms with Crippen molar-refractivity contribution in [1.29, 1.82) is 0 Å². The SMILES string of the molecule is COC(=O)c1csc(C(OC(=O)C(C)C(CCCC(C)(Cl)Cl)OC(=O)c2csc(C(O)CO)n2)C(C)(C)O)n1. The minimum atomic E-state index is -1.57. The van der Waals surface area contributed by atoms with E-state index < -0.39 is 58.7 Å². The summed E-state index contributed by atoms with van der Waals surface area (Å²) in [6.07, 6.45) is -2.52. The summed E-state index contributed by atoms with van der Waals surface area (Å²) in [5.74, 6) is -3.31. The van der Waals surface area contributed by atoms with Crippen molar-refractivity contribution in [3.63, 3.8) is 0 Å². The number of halogens is 2. The van der Waals surface area contributed by atoms with Gasteiger partial charge in [0.2, 0.25) is 0 Å². The van der Waals surface area contributed by atoms with Crippen molar-refractivity contribution in [1.82, 2.24) is 9.97 Å². The molecule has 0 aromatic carbocycles. The molecule has 0 fully saturated rings. The predicted molar refractivity (Wildman–Crippen MR) is 145 cm³/mol. The van der Waals surface area contributed by atoms with Crippen LogP contribution in [0.4, 0.5) is 0 Å². The molecule has 0 radical (unpaired) electrons. The Morgan fingerprint density at radius 2 is 1.59 bits per heavy atom. The number of alkyl halides is 2. The Balaban J connectivity index is 2.25. The van der Waals surface area contributed by atoms with Crippen LogP contribution in [0.1, 0.15) is 90.2 Å². The van der Waals surface area contributed by atoms with Gasteiger partial charge in [-0.25, -0.2) is 19.6 Å². The first-order chi connectivity index (χ1) is 18.1. The lowest BCUT2D eigenvalue weighted by molar-refractivity contribution is -0.171. The molecule has 0 bridgehead atoms. The van der Waals surface area contributed by atoms with E-state index in [1.54, 1.807) is 6.92 Å². The molecule has 0 spiro atoms. The monoisotopic (exact) mass is 626 g/mol. The van der Waals surface area contributed by atoms with Crippen LogP contribution in [0.2, 0.25) is 0 Å². The summed E-state index contributed by atoms with van der Waals surface area (Å²) in [6, 6.07) is 0. The number of hydrogen-bond acceptors (Lipinski definition) is 13. The number of carbonyl (C=O) groups is 3. The lowest BCUT2D eigenvalue weighted by Gasteiger charge is -2.30. The molecule has 0 saturated heterocycles. The fourth-order valence-electron chi connectivity index (χ4n) is 3.31. The predicted octanol–water partition coefficient (Wildman–Crippen LogP) is 3.99. The molecule has 0 saturated carbocycles. The van der Waals surface area contributed by atoms with E-state index >= 15 is 0 Å². The summed E-state index contributed by atoms with van der Waals surface area (Å²) in [5, 5.41) is 32.7. The number of carbonyl (C=O) groups excluding carboxylic acids is 3. The molecule has 0 aliphatic carbocycles. The molecule has 11 nitrogen and oxygen atoms in total. The van der Waals surface area contributed by atoms with E-state index in [0.29, 0.717) is 12.8 Å². The number of nitrogens with zero attached hydrogens (tertiary/aromatic N) is 2. The minimum Gasteiger partial charge on any atom is -0.464 e. The second-order valence-corrected chi connectivity index (χ2v) is 13.1. The molecule has 2 rings (SSSR count). The summed E-state index contributed by atoms with van der Waals surface area (Å²) in [4.78, 5) is 46.1. The average Bonchev–Trinajstić information content (AvgIpc) is 3.54. The summed E-state index contributed by atoms with van der Waals surface area (Å²) in [7, 11) is 1.20. The second kappa shape index (κ2) is 14.2. The number of ether oxygens (including phenoxy) is 3. The van der Waals surface area contributed by atoms with Crippen LogP contribution in [-0.4, -0.2) is 73.0 Å². The van der Waals surface area contributed by atoms with E-state index in [1.165, 1.54) is 38.6 Å². The lowest BCUT2D eigenvalue weighted by atomic mass is 9.97. The standard InChI is InChI=1S/C24H32Cl2N2O9S2/c1-12(20(31)37-17(23(2,3)34)19-28-13(10-39-19)21(32)35-5)16(7-6-8-24(4,25)26)36-22(33)14-11-38-18(27-14)15(30)9-29/h10-12,15-17,29-30,34H,6-9H2,1-5H3. The van der Waals surface area contributed by atoms with Crippen molar-refractivity contribution in [3.8, 4) is 0 Å². The summed E-state index contributed by atoms with van der Waals surface area (Å²) < 4.78 is 14.9. The van der Waals surface area contributed by atoms with Crippen molar-refractivity contribution in [2.24, 2.45) is 5.92 Å². The minimum absolute atomic E-state index is 0.00167. The van der Waals surface area contributed by atoms with Crippen molar-refractivity contribution in [2.75, 3.05) is 13.7 Å². The molecule has 3 N–H and O–H groups in total. The Morgan fingerprint density at radius 3 is 2.13 bits per heavy atom. The molecule has 2 heterocycles. The Labute approximate surface area is 244 Å². The van der Waals surface area contributed by atoms with Gasteiger partial charge in [0.05, 0.1) is 19.6 Å². The molecule has 15 heteroatoms. The van der Waals surface area contributed by atoms with Crippen LogP contribution in [-0.2, 0) is 19.0 Å². The molecule has 0 aliphatic heterocycles. The second-order valence-electron chi connectivity index (χ2n) is 9.50. The molecule has 39 heavy (non-hydrogen) atoms. The van der Waals surface area contributed by atoms with E-state index in [0.717, 1.165) is 22.7 Å². The highest BCUT2D eigenvalue weighted by atomic mass is 35.5. The summed E-state index contributed by atoms with van der Waals surface area (Å²) in [5.41, 5.74) is -1.67. The third kappa shape index (κ3) is 9.92. The molecule has 4 atom stereocenters. The van der Waals surface area contributed by atoms with Crippen molar-refractivity contribution in [3.05, 3.63) is 32.2 Å². The van der Waals surface area contributed by atoms with Crippen LogP contribution in [0.15, 0.2) is 10.8 Å². The zero-order valence-electron chi connectivity index (χ0n) is 22.1. The van der Waals surface area contributed by atoms with Gasteiger partial charge in [0, 0.05) is 10.8 Å². The van der Waals surface area contributed by atoms with Gasteiger partial charge < -0.3 is 29.5 Å². The van der Waals surface area contributed by atoms with Crippen LogP contribution in [0.5, 0.6) is 0 Å². The van der Waals surface area contributed by atoms with Crippen LogP contribution >= 0.6 is 45.9 Å². The Kier molecular flexibility index (Phi) is 12.1. The topological polar surface area (TPSA) is 165 Å². The van der Waals surface area contributed by atoms with Gasteiger partial charge in [-0.1, -0.05) is 0 Å². The molecule has 2 aromatic rings. The zero-order chi connectivity index (χ0) is 29.5.